The van der Waals surface area contributed by atoms with E-state index in [1.165, 1.54) is 4.90 Å². The summed E-state index contributed by atoms with van der Waals surface area (Å²) in [6.45, 7) is 17.1. The molecular formula is C73H81Cl4IN4O16OsSi. The second-order valence-electron chi connectivity index (χ2n) is 25.7. The Bertz CT molecular complexity index is 4110. The van der Waals surface area contributed by atoms with E-state index in [2.05, 4.69) is 52.8 Å². The monoisotopic (exact) mass is 1760 g/mol. The Labute approximate surface area is 618 Å². The van der Waals surface area contributed by atoms with Gasteiger partial charge in [-0.1, -0.05) is 218 Å². The number of rotatable bonds is 10. The molecule has 0 radical (unpaired) electrons. The number of likely N-dealkylation sites (tertiary alicyclic amines) is 2. The third-order valence-electron chi connectivity index (χ3n) is 15.8. The van der Waals surface area contributed by atoms with Gasteiger partial charge in [0.15, 0.2) is 11.6 Å². The molecule has 0 bridgehead atoms. The van der Waals surface area contributed by atoms with Gasteiger partial charge in [-0.3, -0.25) is 14.7 Å². The van der Waals surface area contributed by atoms with Crippen molar-refractivity contribution in [2.75, 3.05) is 26.2 Å². The number of carbonyl (C=O) groups is 3. The number of amides is 3. The maximum absolute atomic E-state index is 12.8. The second-order valence-corrected chi connectivity index (χ2v) is 43.8. The van der Waals surface area contributed by atoms with Crippen LogP contribution in [0.3, 0.4) is 0 Å². The molecule has 0 spiro atoms. The van der Waals surface area contributed by atoms with Gasteiger partial charge in [0.05, 0.1) is 43.4 Å². The number of hydrogen-bond acceptors (Lipinski definition) is 17. The Hall–Kier alpha value is -6.25. The molecule has 3 N–H and O–H groups in total. The number of benzene rings is 7. The average molecular weight is 1760 g/mol. The summed E-state index contributed by atoms with van der Waals surface area (Å²) in [5.74, 6) is -1.15. The van der Waals surface area contributed by atoms with E-state index in [1.54, 1.807) is 34.1 Å². The van der Waals surface area contributed by atoms with Crippen LogP contribution in [-0.4, -0.2) is 123 Å². The Kier molecular flexibility index (Phi) is 28.8. The summed E-state index contributed by atoms with van der Waals surface area (Å²) in [6, 6.07) is 57.5. The van der Waals surface area contributed by atoms with Gasteiger partial charge in [-0.05, 0) is 115 Å². The summed E-state index contributed by atoms with van der Waals surface area (Å²) in [6.07, 6.45) is 0.297. The minimum atomic E-state index is -6.06. The molecule has 6 aliphatic rings. The van der Waals surface area contributed by atoms with Gasteiger partial charge in [0.2, 0.25) is 0 Å². The van der Waals surface area contributed by atoms with Gasteiger partial charge in [-0.15, -0.1) is 21.8 Å². The average Bonchev–Trinajstić information content (AvgIpc) is 1.60. The summed E-state index contributed by atoms with van der Waals surface area (Å²) in [5, 5.41) is 26.2. The van der Waals surface area contributed by atoms with Crippen LogP contribution >= 0.6 is 68.2 Å². The molecule has 3 amide bonds. The molecule has 13 rings (SSSR count). The van der Waals surface area contributed by atoms with E-state index in [9.17, 15) is 24.6 Å². The molecule has 5 fully saturated rings. The van der Waals surface area contributed by atoms with Crippen molar-refractivity contribution in [3.63, 3.8) is 0 Å². The summed E-state index contributed by atoms with van der Waals surface area (Å²) in [7, 11) is 0. The SMILES string of the molecule is CC1(C)OC2CN(C(=O)OCc3ccccc3)C(c3cccc(Cl)c3)[C@H]2O1.CC1(C)OC2CNC(c3cccc(Cl)c3)[C@H]2O1.C[Si](C)(C)I.O=C(OCc1ccccc1)N1CC=CC1c1cccc(Cl)c1.O=C(OCc1ccccc1)N1C[C@H](O)[C@H](O)C1c1cccc(Cl)c1.[O]=[Os](=[O])(=[O])=[O]. The molecule has 0 aromatic heterocycles. The molecule has 536 valence electrons. The zero-order valence-corrected chi connectivity index (χ0v) is 64.7. The summed E-state index contributed by atoms with van der Waals surface area (Å²) in [5.41, 5.74) is 5.85. The van der Waals surface area contributed by atoms with Gasteiger partial charge in [0.25, 0.3) is 0 Å². The molecule has 6 aliphatic heterocycles. The molecular weight excluding hydrogens is 1680 g/mol. The molecule has 10 atom stereocenters. The number of carbonyl (C=O) groups excluding carboxylic acids is 3. The first kappa shape index (κ1) is 79.5. The topological polar surface area (TPSA) is 246 Å². The van der Waals surface area contributed by atoms with Crippen LogP contribution in [0.1, 0.15) is 90.8 Å². The van der Waals surface area contributed by atoms with Crippen LogP contribution in [0.25, 0.3) is 0 Å². The van der Waals surface area contributed by atoms with Gasteiger partial charge in [0.1, 0.15) is 55.9 Å². The zero-order valence-electron chi connectivity index (χ0n) is 56.0. The standard InChI is InChI=1S/C21H22ClNO4.C18H18ClNO4.C18H16ClNO2.C13H16ClNO2.C3H9ISi.4O.Os/c1-21(2)26-17-12-23(20(24)25-13-14-7-4-3-5-8-14)18(19(17)27-21)15-9-6-10-16(22)11-15;19-14-8-4-7-13(9-14)16-17(22)15(21)10-20(16)18(23)24-11-12-5-2-1-3-6-12;19-16-9-4-8-15(12-16)17-10-5-11-20(17)18(21)22-13-14-6-2-1-3-7-14;1-13(2)16-10-7-15-11(12(10)17-13)8-4-3-5-9(14)6-8;1-5(2,3)4;;;;;/h3-11,17-19H,12-13H2,1-2H3;1-9,15-17,21-22H,10-11H2;1-10,12,17H,11,13H2;3-6,10-12,15H,7H2,1-2H3;1-3H3;;;;;/t17?,18?,19-;15-,16?,17-;;10?,11?,12-;;;;;;/m00.0....../s1. The van der Waals surface area contributed by atoms with E-state index >= 15 is 0 Å². The van der Waals surface area contributed by atoms with Gasteiger partial charge in [-0.25, -0.2) is 14.4 Å². The Morgan fingerprint density at radius 1 is 0.520 bits per heavy atom. The van der Waals surface area contributed by atoms with Crippen molar-refractivity contribution in [1.29, 1.82) is 0 Å². The fourth-order valence-electron chi connectivity index (χ4n) is 11.8. The fraction of sp³-hybridized carbons (Fsp3) is 0.356. The van der Waals surface area contributed by atoms with E-state index < -0.39 is 56.3 Å². The van der Waals surface area contributed by atoms with Gasteiger partial charge in [0, 0.05) is 33.2 Å². The molecule has 6 unspecified atom stereocenters. The van der Waals surface area contributed by atoms with E-state index in [0.717, 1.165) is 44.9 Å². The van der Waals surface area contributed by atoms with Crippen LogP contribution in [0.4, 0.5) is 14.4 Å². The van der Waals surface area contributed by atoms with E-state index in [0.29, 0.717) is 33.7 Å². The minimum absolute atomic E-state index is 0.00592. The van der Waals surface area contributed by atoms with Crippen molar-refractivity contribution < 1.29 is 86.8 Å². The fourth-order valence-corrected chi connectivity index (χ4v) is 12.6. The molecule has 7 aromatic carbocycles. The van der Waals surface area contributed by atoms with Crippen LogP contribution in [0.5, 0.6) is 0 Å². The summed E-state index contributed by atoms with van der Waals surface area (Å²) < 4.78 is 74.7. The molecule has 0 saturated carbocycles. The van der Waals surface area contributed by atoms with Crippen molar-refractivity contribution in [1.82, 2.24) is 20.0 Å². The number of aliphatic hydroxyl groups is 2. The number of β-amino-alcohol motifs (C(OH)–C–C–N with tert-alkyl or cyclic N) is 1. The van der Waals surface area contributed by atoms with Crippen LogP contribution in [0.15, 0.2) is 200 Å². The molecule has 5 saturated heterocycles. The summed E-state index contributed by atoms with van der Waals surface area (Å²) >= 11 is 20.7. The van der Waals surface area contributed by atoms with E-state index in [4.69, 9.17) is 93.7 Å². The number of halogens is 5. The Morgan fingerprint density at radius 2 is 0.890 bits per heavy atom. The molecule has 7 aromatic rings. The Morgan fingerprint density at radius 3 is 1.34 bits per heavy atom. The van der Waals surface area contributed by atoms with E-state index in [1.807, 2.05) is 198 Å². The molecule has 27 heteroatoms. The van der Waals surface area contributed by atoms with E-state index in [-0.39, 0.29) is 81.1 Å². The number of nitrogens with zero attached hydrogens (tertiary/aromatic N) is 3. The van der Waals surface area contributed by atoms with Crippen molar-refractivity contribution in [3.8, 4) is 0 Å². The first-order valence-corrected chi connectivity index (χ1v) is 44.2. The van der Waals surface area contributed by atoms with Crippen LogP contribution in [-0.2, 0) is 82.0 Å². The van der Waals surface area contributed by atoms with Crippen LogP contribution in [0, 0.1) is 0 Å². The first-order chi connectivity index (χ1) is 47.3. The van der Waals surface area contributed by atoms with Gasteiger partial charge < -0.3 is 48.7 Å². The third-order valence-corrected chi connectivity index (χ3v) is 16.8. The quantitative estimate of drug-likeness (QED) is 0.0379. The molecule has 100 heavy (non-hydrogen) atoms. The van der Waals surface area contributed by atoms with Crippen molar-refractivity contribution in [3.05, 3.63) is 259 Å². The predicted molar refractivity (Wildman–Crippen MR) is 384 cm³/mol. The van der Waals surface area contributed by atoms with Crippen molar-refractivity contribution in [2.45, 2.75) is 140 Å². The molecule has 6 heterocycles. The number of nitrogens with one attached hydrogen (secondary N) is 1. The number of fused-ring (bicyclic) bond motifs is 2. The van der Waals surface area contributed by atoms with Gasteiger partial charge in [-0.2, -0.15) is 0 Å². The number of aliphatic hydroxyl groups excluding tert-OH is 2. The normalized spacial score (nSPS) is 23.4. The maximum atomic E-state index is 12.8. The third kappa shape index (κ3) is 24.5. The van der Waals surface area contributed by atoms with Crippen LogP contribution in [0.2, 0.25) is 39.7 Å². The first-order valence-electron chi connectivity index (χ1n) is 32.0. The molecule has 0 aliphatic carbocycles. The van der Waals surface area contributed by atoms with Crippen LogP contribution < -0.4 is 5.32 Å². The predicted octanol–water partition coefficient (Wildman–Crippen LogP) is 16.2. The summed E-state index contributed by atoms with van der Waals surface area (Å²) in [4.78, 5) is 42.3. The van der Waals surface area contributed by atoms with Gasteiger partial charge >= 0.3 is 47.3 Å². The zero-order chi connectivity index (χ0) is 72.5. The Balaban J connectivity index is 0.000000163. The number of ether oxygens (including phenoxy) is 7. The van der Waals surface area contributed by atoms with Crippen molar-refractivity contribution >= 4 is 92.1 Å². The number of hydrogen-bond donors (Lipinski definition) is 3. The molecule has 20 nitrogen and oxygen atoms in total. The van der Waals surface area contributed by atoms with Crippen molar-refractivity contribution in [2.24, 2.45) is 0 Å². The second kappa shape index (κ2) is 36.3.